The molecule has 1 atom stereocenters. The molecule has 2 N–H and O–H groups in total. The maximum Gasteiger partial charge on any atom is 0.466 e. The minimum absolute atomic E-state index is 0.145. The van der Waals surface area contributed by atoms with Crippen molar-refractivity contribution in [1.82, 2.24) is 5.32 Å². The first-order valence-corrected chi connectivity index (χ1v) is 8.04. The normalized spacial score (nSPS) is 15.3. The monoisotopic (exact) mass is 447 g/mol. The topological polar surface area (TPSA) is 119 Å². The minimum atomic E-state index is -6.65. The van der Waals surface area contributed by atoms with E-state index in [0.29, 0.717) is 6.20 Å². The smallest absolute Gasteiger partial charge is 0.412 e. The average Bonchev–Trinajstić information content (AvgIpc) is 2.51. The van der Waals surface area contributed by atoms with E-state index in [1.807, 2.05) is 0 Å². The first-order valence-electron chi connectivity index (χ1n) is 6.60. The first-order chi connectivity index (χ1) is 12.4. The number of nitrogens with one attached hydrogen (secondary N) is 1. The Hall–Kier alpha value is -2.20. The number of carbonyl (C=O) groups is 2. The second-order valence-electron chi connectivity index (χ2n) is 4.71. The molecule has 0 saturated carbocycles. The van der Waals surface area contributed by atoms with Gasteiger partial charge in [0.25, 0.3) is 0 Å². The Balaban J connectivity index is 5.86. The summed E-state index contributed by atoms with van der Waals surface area (Å²) in [6, 6.07) is 0. The van der Waals surface area contributed by atoms with Crippen molar-refractivity contribution in [3.8, 4) is 0 Å². The summed E-state index contributed by atoms with van der Waals surface area (Å²) in [5.41, 5.74) is 0. The zero-order valence-corrected chi connectivity index (χ0v) is 14.3. The van der Waals surface area contributed by atoms with Crippen molar-refractivity contribution in [2.45, 2.75) is 29.6 Å². The molecular weight excluding hydrogens is 435 g/mol. The highest BCUT2D eigenvalue weighted by atomic mass is 32.2. The fourth-order valence-electron chi connectivity index (χ4n) is 1.44. The molecule has 16 heteroatoms. The number of esters is 1. The van der Waals surface area contributed by atoms with Crippen molar-refractivity contribution in [2.24, 2.45) is 0 Å². The lowest BCUT2D eigenvalue weighted by Crippen LogP contribution is -2.61. The van der Waals surface area contributed by atoms with Crippen LogP contribution < -0.4 is 5.32 Å². The van der Waals surface area contributed by atoms with Gasteiger partial charge in [0.15, 0.2) is 0 Å². The Morgan fingerprint density at radius 1 is 1.07 bits per heavy atom. The van der Waals surface area contributed by atoms with Crippen LogP contribution in [0.5, 0.6) is 0 Å². The third kappa shape index (κ3) is 5.20. The molecule has 0 aromatic rings. The van der Waals surface area contributed by atoms with Gasteiger partial charge >= 0.3 is 45.1 Å². The molecule has 0 aliphatic carbocycles. The number of alkyl halides is 7. The van der Waals surface area contributed by atoms with Crippen molar-refractivity contribution in [2.75, 3.05) is 6.61 Å². The molecule has 8 nitrogen and oxygen atoms in total. The van der Waals surface area contributed by atoms with E-state index in [1.54, 1.807) is 0 Å². The molecule has 1 unspecified atom stereocenters. The van der Waals surface area contributed by atoms with Crippen molar-refractivity contribution < 1.29 is 62.8 Å². The van der Waals surface area contributed by atoms with Crippen LogP contribution in [0.4, 0.5) is 30.7 Å². The number of amides is 1. The quantitative estimate of drug-likeness (QED) is 0.172. The van der Waals surface area contributed by atoms with Crippen LogP contribution in [0.2, 0.25) is 0 Å². The highest BCUT2D eigenvalue weighted by Gasteiger charge is 2.68. The summed E-state index contributed by atoms with van der Waals surface area (Å²) >= 11 is 0. The van der Waals surface area contributed by atoms with Crippen LogP contribution >= 0.6 is 0 Å². The summed E-state index contributed by atoms with van der Waals surface area (Å²) in [6.07, 6.45) is -7.84. The minimum Gasteiger partial charge on any atom is -0.412 e. The van der Waals surface area contributed by atoms with Crippen LogP contribution in [0.25, 0.3) is 0 Å². The summed E-state index contributed by atoms with van der Waals surface area (Å²) in [6.45, 7) is 3.52. The van der Waals surface area contributed by atoms with Gasteiger partial charge in [-0.25, -0.2) is 4.79 Å². The molecule has 1 amide bonds. The van der Waals surface area contributed by atoms with Crippen LogP contribution in [0, 0.1) is 0 Å². The van der Waals surface area contributed by atoms with E-state index in [2.05, 4.69) is 22.6 Å². The average molecular weight is 447 g/mol. The van der Waals surface area contributed by atoms with Crippen molar-refractivity contribution in [3.05, 3.63) is 25.4 Å². The number of carbonyl (C=O) groups excluding carboxylic acids is 2. The van der Waals surface area contributed by atoms with Crippen molar-refractivity contribution >= 4 is 22.0 Å². The van der Waals surface area contributed by atoms with Crippen molar-refractivity contribution in [1.29, 1.82) is 0 Å². The maximum atomic E-state index is 13.4. The Morgan fingerprint density at radius 2 is 1.57 bits per heavy atom. The molecule has 0 bridgehead atoms. The highest BCUT2D eigenvalue weighted by molar-refractivity contribution is 7.87. The molecule has 0 fully saturated rings. The van der Waals surface area contributed by atoms with Gasteiger partial charge in [-0.15, -0.1) is 0 Å². The van der Waals surface area contributed by atoms with Crippen LogP contribution in [-0.2, 0) is 29.2 Å². The van der Waals surface area contributed by atoms with E-state index >= 15 is 0 Å². The van der Waals surface area contributed by atoms with Crippen LogP contribution in [-0.4, -0.2) is 54.6 Å². The van der Waals surface area contributed by atoms with E-state index in [9.17, 15) is 48.7 Å². The van der Waals surface area contributed by atoms with Crippen LogP contribution in [0.15, 0.2) is 25.4 Å². The zero-order valence-electron chi connectivity index (χ0n) is 13.4. The maximum absolute atomic E-state index is 13.4. The predicted octanol–water partition coefficient (Wildman–Crippen LogP) is 1.76. The van der Waals surface area contributed by atoms with Gasteiger partial charge in [-0.3, -0.25) is 9.35 Å². The zero-order chi connectivity index (χ0) is 22.6. The molecule has 0 rings (SSSR count). The molecule has 0 aromatic carbocycles. The summed E-state index contributed by atoms with van der Waals surface area (Å²) in [5, 5.41) is -4.77. The Morgan fingerprint density at radius 3 is 1.93 bits per heavy atom. The van der Waals surface area contributed by atoms with Gasteiger partial charge in [-0.05, 0) is 6.20 Å². The molecule has 0 radical (unpaired) electrons. The number of halogens is 7. The largest absolute Gasteiger partial charge is 0.466 e. The number of rotatable bonds is 10. The lowest BCUT2D eigenvalue weighted by Gasteiger charge is -2.33. The summed E-state index contributed by atoms with van der Waals surface area (Å²) in [7, 11) is -6.65. The number of hydrogen-bond acceptors (Lipinski definition) is 6. The highest BCUT2D eigenvalue weighted by Crippen LogP contribution is 2.42. The summed E-state index contributed by atoms with van der Waals surface area (Å²) in [5.74, 6) is -14.4. The predicted molar refractivity (Wildman–Crippen MR) is 75.4 cm³/mol. The SMILES string of the molecule is C=CNC(=O)C(OCCC(F)(F)C(F)(F)S(=O)(=O)O)(OC(=O)C=C)C(F)(F)F. The Labute approximate surface area is 152 Å². The Kier molecular flexibility index (Phi) is 7.78. The molecule has 0 aliphatic rings. The third-order valence-electron chi connectivity index (χ3n) is 2.79. The molecule has 0 spiro atoms. The first kappa shape index (κ1) is 25.8. The van der Waals surface area contributed by atoms with Crippen molar-refractivity contribution in [3.63, 3.8) is 0 Å². The molecule has 0 saturated heterocycles. The molecule has 162 valence electrons. The number of hydrogen-bond donors (Lipinski definition) is 2. The lowest BCUT2D eigenvalue weighted by molar-refractivity contribution is -0.349. The number of ether oxygens (including phenoxy) is 2. The molecule has 0 heterocycles. The second-order valence-corrected chi connectivity index (χ2v) is 6.17. The fraction of sp³-hybridized carbons (Fsp3) is 0.500. The van der Waals surface area contributed by atoms with Gasteiger partial charge in [0.2, 0.25) is 0 Å². The van der Waals surface area contributed by atoms with Gasteiger partial charge < -0.3 is 14.8 Å². The fourth-order valence-corrected chi connectivity index (χ4v) is 1.92. The van der Waals surface area contributed by atoms with Gasteiger partial charge in [0, 0.05) is 12.5 Å². The van der Waals surface area contributed by atoms with Gasteiger partial charge in [-0.2, -0.15) is 39.2 Å². The van der Waals surface area contributed by atoms with Crippen LogP contribution in [0.1, 0.15) is 6.42 Å². The van der Waals surface area contributed by atoms with E-state index in [-0.39, 0.29) is 6.08 Å². The molecule has 28 heavy (non-hydrogen) atoms. The van der Waals surface area contributed by atoms with Crippen LogP contribution in [0.3, 0.4) is 0 Å². The lowest BCUT2D eigenvalue weighted by atomic mass is 10.2. The molecule has 0 aromatic heterocycles. The summed E-state index contributed by atoms with van der Waals surface area (Å²) < 4.78 is 129. The van der Waals surface area contributed by atoms with E-state index in [0.717, 1.165) is 0 Å². The second kappa shape index (κ2) is 8.44. The van der Waals surface area contributed by atoms with E-state index in [4.69, 9.17) is 4.55 Å². The molecular formula is C12H12F7NO7S. The standard InChI is InChI=1S/C12H12F7NO7S/c1-3-7(21)27-10(11(15,16)17,8(22)20-4-2)26-6-5-9(13,14)12(18,19)28(23,24)25/h3-4H,1-2,5-6H2,(H,20,22)(H,23,24,25). The Bertz CT molecular complexity index is 735. The van der Waals surface area contributed by atoms with Gasteiger partial charge in [-0.1, -0.05) is 13.2 Å². The van der Waals surface area contributed by atoms with Gasteiger partial charge in [0.1, 0.15) is 0 Å². The summed E-state index contributed by atoms with van der Waals surface area (Å²) in [4.78, 5) is 22.8. The molecule has 0 aliphatic heterocycles. The third-order valence-corrected chi connectivity index (χ3v) is 3.73. The van der Waals surface area contributed by atoms with E-state index < -0.39 is 58.2 Å². The van der Waals surface area contributed by atoms with Gasteiger partial charge in [0.05, 0.1) is 6.61 Å². The van der Waals surface area contributed by atoms with E-state index in [1.165, 1.54) is 5.32 Å².